The maximum atomic E-state index is 13.4. The predicted octanol–water partition coefficient (Wildman–Crippen LogP) is 2.69. The number of fused-ring (bicyclic) bond motifs is 1. The highest BCUT2D eigenvalue weighted by molar-refractivity contribution is 7.92. The molecule has 1 aliphatic heterocycles. The van der Waals surface area contributed by atoms with Crippen molar-refractivity contribution in [3.05, 3.63) is 53.6 Å². The fourth-order valence-electron chi connectivity index (χ4n) is 2.96. The van der Waals surface area contributed by atoms with E-state index in [1.165, 1.54) is 7.11 Å². The van der Waals surface area contributed by atoms with Crippen LogP contribution in [-0.2, 0) is 26.0 Å². The Hall–Kier alpha value is -2.52. The maximum Gasteiger partial charge on any atom is 0.262 e. The van der Waals surface area contributed by atoms with Gasteiger partial charge < -0.3 is 9.64 Å². The molecule has 0 aliphatic carbocycles. The van der Waals surface area contributed by atoms with Crippen LogP contribution < -0.4 is 9.62 Å². The summed E-state index contributed by atoms with van der Waals surface area (Å²) in [6, 6.07) is 7.21. The second kappa shape index (κ2) is 7.61. The number of methoxy groups -OCH3 is 1. The minimum absolute atomic E-state index is 0.0791. The Balaban J connectivity index is 1.91. The Morgan fingerprint density at radius 3 is 2.67 bits per heavy atom. The number of carbonyl (C=O) groups excluding carboxylic acids is 1. The summed E-state index contributed by atoms with van der Waals surface area (Å²) in [6.45, 7) is 0.429. The molecule has 2 aromatic rings. The lowest BCUT2D eigenvalue weighted by molar-refractivity contribution is -0.122. The summed E-state index contributed by atoms with van der Waals surface area (Å²) < 4.78 is 58.5. The van der Waals surface area contributed by atoms with Gasteiger partial charge in [-0.3, -0.25) is 9.52 Å². The number of aryl methyl sites for hydroxylation is 1. The van der Waals surface area contributed by atoms with Crippen LogP contribution in [0.1, 0.15) is 12.0 Å². The average molecular weight is 396 g/mol. The van der Waals surface area contributed by atoms with Gasteiger partial charge in [-0.2, -0.15) is 0 Å². The van der Waals surface area contributed by atoms with E-state index >= 15 is 0 Å². The van der Waals surface area contributed by atoms with E-state index in [1.807, 2.05) is 0 Å². The number of halogens is 2. The molecule has 144 valence electrons. The average Bonchev–Trinajstić information content (AvgIpc) is 2.63. The van der Waals surface area contributed by atoms with Crippen molar-refractivity contribution in [3.8, 4) is 0 Å². The van der Waals surface area contributed by atoms with Crippen molar-refractivity contribution in [3.63, 3.8) is 0 Å². The quantitative estimate of drug-likeness (QED) is 0.843. The molecule has 1 amide bonds. The first-order valence-corrected chi connectivity index (χ1v) is 9.70. The number of anilines is 2. The van der Waals surface area contributed by atoms with Crippen LogP contribution in [0.2, 0.25) is 0 Å². The first-order valence-electron chi connectivity index (χ1n) is 8.22. The minimum atomic E-state index is -4.11. The molecule has 0 aromatic heterocycles. The first kappa shape index (κ1) is 19.2. The van der Waals surface area contributed by atoms with E-state index in [0.717, 1.165) is 30.5 Å². The number of ether oxygens (including phenoxy) is 1. The van der Waals surface area contributed by atoms with Gasteiger partial charge in [0.2, 0.25) is 0 Å². The summed E-state index contributed by atoms with van der Waals surface area (Å²) in [5, 5.41) is 0. The number of nitrogens with one attached hydrogen (secondary N) is 1. The SMILES string of the molecule is COCC(=O)N1CCCc2ccc(NS(=O)(=O)c3ccc(F)c(F)c3)cc21. The van der Waals surface area contributed by atoms with Gasteiger partial charge in [0.15, 0.2) is 11.6 Å². The van der Waals surface area contributed by atoms with Gasteiger partial charge in [-0.1, -0.05) is 6.07 Å². The Bertz CT molecular complexity index is 979. The van der Waals surface area contributed by atoms with Crippen LogP contribution in [0.5, 0.6) is 0 Å². The van der Waals surface area contributed by atoms with Gasteiger partial charge in [0.05, 0.1) is 10.6 Å². The third kappa shape index (κ3) is 4.09. The molecular formula is C18H18F2N2O4S. The monoisotopic (exact) mass is 396 g/mol. The zero-order chi connectivity index (χ0) is 19.6. The molecule has 1 N–H and O–H groups in total. The maximum absolute atomic E-state index is 13.4. The lowest BCUT2D eigenvalue weighted by Gasteiger charge is -2.30. The van der Waals surface area contributed by atoms with Gasteiger partial charge in [0, 0.05) is 19.3 Å². The zero-order valence-electron chi connectivity index (χ0n) is 14.5. The molecule has 3 rings (SSSR count). The van der Waals surface area contributed by atoms with Crippen molar-refractivity contribution < 1.29 is 26.7 Å². The molecule has 0 unspecified atom stereocenters. The molecule has 0 saturated heterocycles. The number of hydrogen-bond acceptors (Lipinski definition) is 4. The molecule has 1 aliphatic rings. The van der Waals surface area contributed by atoms with Crippen molar-refractivity contribution in [2.24, 2.45) is 0 Å². The number of rotatable bonds is 5. The summed E-state index contributed by atoms with van der Waals surface area (Å²) in [4.78, 5) is 13.4. The first-order chi connectivity index (χ1) is 12.8. The molecule has 9 heteroatoms. The number of amides is 1. The van der Waals surface area contributed by atoms with Crippen molar-refractivity contribution in [2.75, 3.05) is 29.9 Å². The fraction of sp³-hybridized carbons (Fsp3) is 0.278. The predicted molar refractivity (Wildman–Crippen MR) is 96.2 cm³/mol. The molecule has 0 atom stereocenters. The second-order valence-electron chi connectivity index (χ2n) is 6.11. The normalized spacial score (nSPS) is 14.0. The standard InChI is InChI=1S/C18H18F2N2O4S/c1-26-11-18(23)22-8-2-3-12-4-5-13(9-17(12)22)21-27(24,25)14-6-7-15(19)16(20)10-14/h4-7,9-10,21H,2-3,8,11H2,1H3. The van der Waals surface area contributed by atoms with E-state index in [4.69, 9.17) is 4.74 Å². The summed E-state index contributed by atoms with van der Waals surface area (Å²) in [5.41, 5.74) is 1.74. The number of sulfonamides is 1. The van der Waals surface area contributed by atoms with E-state index in [1.54, 1.807) is 23.1 Å². The van der Waals surface area contributed by atoms with E-state index in [2.05, 4.69) is 4.72 Å². The smallest absolute Gasteiger partial charge is 0.262 e. The van der Waals surface area contributed by atoms with E-state index in [0.29, 0.717) is 18.3 Å². The third-order valence-corrected chi connectivity index (χ3v) is 5.61. The molecule has 0 radical (unpaired) electrons. The number of benzene rings is 2. The van der Waals surface area contributed by atoms with Crippen LogP contribution in [0, 0.1) is 11.6 Å². The topological polar surface area (TPSA) is 75.7 Å². The fourth-order valence-corrected chi connectivity index (χ4v) is 4.02. The van der Waals surface area contributed by atoms with Crippen LogP contribution in [0.3, 0.4) is 0 Å². The van der Waals surface area contributed by atoms with Crippen molar-refractivity contribution in [2.45, 2.75) is 17.7 Å². The molecule has 0 bridgehead atoms. The van der Waals surface area contributed by atoms with Crippen LogP contribution in [0.4, 0.5) is 20.2 Å². The number of hydrogen-bond donors (Lipinski definition) is 1. The van der Waals surface area contributed by atoms with Gasteiger partial charge >= 0.3 is 0 Å². The van der Waals surface area contributed by atoms with Crippen LogP contribution in [0.15, 0.2) is 41.3 Å². The van der Waals surface area contributed by atoms with Crippen LogP contribution >= 0.6 is 0 Å². The van der Waals surface area contributed by atoms with E-state index in [-0.39, 0.29) is 18.2 Å². The molecule has 0 fully saturated rings. The zero-order valence-corrected chi connectivity index (χ0v) is 15.4. The summed E-state index contributed by atoms with van der Waals surface area (Å²) in [5.74, 6) is -2.60. The van der Waals surface area contributed by atoms with Crippen molar-refractivity contribution in [1.29, 1.82) is 0 Å². The molecule has 27 heavy (non-hydrogen) atoms. The Kier molecular flexibility index (Phi) is 5.43. The highest BCUT2D eigenvalue weighted by Gasteiger charge is 2.24. The summed E-state index contributed by atoms with van der Waals surface area (Å²) >= 11 is 0. The molecule has 0 spiro atoms. The van der Waals surface area contributed by atoms with Gasteiger partial charge in [-0.05, 0) is 48.7 Å². The van der Waals surface area contributed by atoms with E-state index < -0.39 is 26.6 Å². The van der Waals surface area contributed by atoms with Crippen molar-refractivity contribution in [1.82, 2.24) is 0 Å². The largest absolute Gasteiger partial charge is 0.375 e. The lowest BCUT2D eigenvalue weighted by Crippen LogP contribution is -2.37. The number of carbonyl (C=O) groups is 1. The second-order valence-corrected chi connectivity index (χ2v) is 7.79. The van der Waals surface area contributed by atoms with Gasteiger partial charge in [0.25, 0.3) is 15.9 Å². The third-order valence-electron chi connectivity index (χ3n) is 4.23. The highest BCUT2D eigenvalue weighted by Crippen LogP contribution is 2.31. The molecule has 1 heterocycles. The Morgan fingerprint density at radius 1 is 1.19 bits per heavy atom. The molecular weight excluding hydrogens is 378 g/mol. The molecule has 6 nitrogen and oxygen atoms in total. The highest BCUT2D eigenvalue weighted by atomic mass is 32.2. The summed E-state index contributed by atoms with van der Waals surface area (Å²) in [7, 11) is -2.69. The summed E-state index contributed by atoms with van der Waals surface area (Å²) in [6.07, 6.45) is 1.56. The van der Waals surface area contributed by atoms with Gasteiger partial charge in [-0.25, -0.2) is 17.2 Å². The van der Waals surface area contributed by atoms with Crippen molar-refractivity contribution >= 4 is 27.3 Å². The molecule has 2 aromatic carbocycles. The minimum Gasteiger partial charge on any atom is -0.375 e. The van der Waals surface area contributed by atoms with Crippen LogP contribution in [0.25, 0.3) is 0 Å². The van der Waals surface area contributed by atoms with Gasteiger partial charge in [-0.15, -0.1) is 0 Å². The van der Waals surface area contributed by atoms with Crippen LogP contribution in [-0.4, -0.2) is 34.6 Å². The Morgan fingerprint density at radius 2 is 1.96 bits per heavy atom. The van der Waals surface area contributed by atoms with Gasteiger partial charge in [0.1, 0.15) is 6.61 Å². The lowest BCUT2D eigenvalue weighted by atomic mass is 10.0. The van der Waals surface area contributed by atoms with E-state index in [9.17, 15) is 22.0 Å². The Labute approximate surface area is 155 Å². The number of nitrogens with zero attached hydrogens (tertiary/aromatic N) is 1. The molecule has 0 saturated carbocycles.